The van der Waals surface area contributed by atoms with Crippen molar-refractivity contribution >= 4 is 34.5 Å². The molecule has 2 heterocycles. The van der Waals surface area contributed by atoms with Crippen LogP contribution in [0.15, 0.2) is 54.6 Å². The standard InChI is InChI=1S/C20H16N2O3S/c1-12(23)21-14-6-8-15(9-7-14)22-20(24)18-10-13-11-25-17-5-3-2-4-16(17)19(13)26-18/h2-10H,11H2,1H3,(H,21,23)(H,22,24). The number of benzene rings is 2. The van der Waals surface area contributed by atoms with Crippen molar-refractivity contribution in [1.82, 2.24) is 0 Å². The molecular formula is C20H16N2O3S. The second-order valence-electron chi connectivity index (χ2n) is 5.96. The molecule has 0 radical (unpaired) electrons. The minimum Gasteiger partial charge on any atom is -0.488 e. The van der Waals surface area contributed by atoms with Gasteiger partial charge in [-0.25, -0.2) is 0 Å². The van der Waals surface area contributed by atoms with Gasteiger partial charge in [-0.1, -0.05) is 12.1 Å². The fraction of sp³-hybridized carbons (Fsp3) is 0.100. The SMILES string of the molecule is CC(=O)Nc1ccc(NC(=O)c2cc3c(s2)-c2ccccc2OC3)cc1. The number of carbonyl (C=O) groups excluding carboxylic acids is 2. The number of thiophene rings is 1. The van der Waals surface area contributed by atoms with Crippen molar-refractivity contribution in [1.29, 1.82) is 0 Å². The zero-order chi connectivity index (χ0) is 18.1. The molecule has 2 N–H and O–H groups in total. The van der Waals surface area contributed by atoms with Gasteiger partial charge in [0.1, 0.15) is 12.4 Å². The molecule has 130 valence electrons. The van der Waals surface area contributed by atoms with Crippen LogP contribution < -0.4 is 15.4 Å². The Kier molecular flexibility index (Phi) is 4.18. The van der Waals surface area contributed by atoms with Crippen molar-refractivity contribution in [3.63, 3.8) is 0 Å². The number of anilines is 2. The fourth-order valence-corrected chi connectivity index (χ4v) is 3.94. The van der Waals surface area contributed by atoms with Crippen LogP contribution in [0.5, 0.6) is 5.75 Å². The van der Waals surface area contributed by atoms with Crippen molar-refractivity contribution in [2.24, 2.45) is 0 Å². The van der Waals surface area contributed by atoms with Crippen LogP contribution in [-0.2, 0) is 11.4 Å². The van der Waals surface area contributed by atoms with Gasteiger partial charge in [-0.3, -0.25) is 9.59 Å². The van der Waals surface area contributed by atoms with Crippen LogP contribution in [0.25, 0.3) is 10.4 Å². The molecule has 3 aromatic rings. The predicted octanol–water partition coefficient (Wildman–Crippen LogP) is 4.52. The maximum Gasteiger partial charge on any atom is 0.265 e. The third-order valence-electron chi connectivity index (χ3n) is 4.01. The molecule has 0 saturated carbocycles. The van der Waals surface area contributed by atoms with E-state index in [1.165, 1.54) is 18.3 Å². The van der Waals surface area contributed by atoms with Gasteiger partial charge in [0.15, 0.2) is 0 Å². The van der Waals surface area contributed by atoms with E-state index in [-0.39, 0.29) is 11.8 Å². The molecule has 0 saturated heterocycles. The van der Waals surface area contributed by atoms with E-state index in [2.05, 4.69) is 10.6 Å². The molecule has 0 bridgehead atoms. The number of para-hydroxylation sites is 1. The number of nitrogens with one attached hydrogen (secondary N) is 2. The normalized spacial score (nSPS) is 11.7. The summed E-state index contributed by atoms with van der Waals surface area (Å²) < 4.78 is 5.75. The first kappa shape index (κ1) is 16.4. The summed E-state index contributed by atoms with van der Waals surface area (Å²) in [5.74, 6) is 0.560. The van der Waals surface area contributed by atoms with Crippen molar-refractivity contribution in [3.8, 4) is 16.2 Å². The molecule has 4 rings (SSSR count). The van der Waals surface area contributed by atoms with Gasteiger partial charge in [0.25, 0.3) is 5.91 Å². The summed E-state index contributed by atoms with van der Waals surface area (Å²) in [4.78, 5) is 25.4. The van der Waals surface area contributed by atoms with Crippen LogP contribution in [0.4, 0.5) is 11.4 Å². The Labute approximate surface area is 154 Å². The van der Waals surface area contributed by atoms with E-state index in [4.69, 9.17) is 4.74 Å². The minimum atomic E-state index is -0.158. The van der Waals surface area contributed by atoms with E-state index in [9.17, 15) is 9.59 Å². The van der Waals surface area contributed by atoms with Crippen molar-refractivity contribution in [3.05, 3.63) is 65.0 Å². The van der Waals surface area contributed by atoms with Crippen LogP contribution in [-0.4, -0.2) is 11.8 Å². The maximum atomic E-state index is 12.6. The highest BCUT2D eigenvalue weighted by atomic mass is 32.1. The fourth-order valence-electron chi connectivity index (χ4n) is 2.84. The first-order chi connectivity index (χ1) is 12.6. The third kappa shape index (κ3) is 3.19. The minimum absolute atomic E-state index is 0.131. The highest BCUT2D eigenvalue weighted by Crippen LogP contribution is 2.42. The lowest BCUT2D eigenvalue weighted by Crippen LogP contribution is -2.10. The molecule has 0 spiro atoms. The summed E-state index contributed by atoms with van der Waals surface area (Å²) in [6.07, 6.45) is 0. The third-order valence-corrected chi connectivity index (χ3v) is 5.22. The van der Waals surface area contributed by atoms with Crippen molar-refractivity contribution < 1.29 is 14.3 Å². The van der Waals surface area contributed by atoms with Gasteiger partial charge in [-0.2, -0.15) is 0 Å². The highest BCUT2D eigenvalue weighted by Gasteiger charge is 2.22. The molecule has 0 aliphatic carbocycles. The van der Waals surface area contributed by atoms with Gasteiger partial charge in [-0.15, -0.1) is 11.3 Å². The first-order valence-electron chi connectivity index (χ1n) is 8.14. The molecule has 2 aromatic carbocycles. The Balaban J connectivity index is 1.53. The van der Waals surface area contributed by atoms with E-state index in [1.807, 2.05) is 30.3 Å². The maximum absolute atomic E-state index is 12.6. The second-order valence-corrected chi connectivity index (χ2v) is 7.01. The molecular weight excluding hydrogens is 348 g/mol. The summed E-state index contributed by atoms with van der Waals surface area (Å²) in [6, 6.07) is 16.8. The van der Waals surface area contributed by atoms with Crippen molar-refractivity contribution in [2.75, 3.05) is 10.6 Å². The van der Waals surface area contributed by atoms with Gasteiger partial charge in [-0.05, 0) is 42.5 Å². The summed E-state index contributed by atoms with van der Waals surface area (Å²) in [7, 11) is 0. The van der Waals surface area contributed by atoms with Gasteiger partial charge in [0, 0.05) is 34.3 Å². The van der Waals surface area contributed by atoms with Gasteiger partial charge >= 0.3 is 0 Å². The van der Waals surface area contributed by atoms with E-state index < -0.39 is 0 Å². The topological polar surface area (TPSA) is 67.4 Å². The van der Waals surface area contributed by atoms with E-state index >= 15 is 0 Å². The summed E-state index contributed by atoms with van der Waals surface area (Å²) in [5, 5.41) is 5.59. The average Bonchev–Trinajstić information content (AvgIpc) is 3.08. The molecule has 1 aliphatic rings. The number of ether oxygens (including phenoxy) is 1. The van der Waals surface area contributed by atoms with E-state index in [0.29, 0.717) is 22.9 Å². The highest BCUT2D eigenvalue weighted by molar-refractivity contribution is 7.17. The Morgan fingerprint density at radius 3 is 2.42 bits per heavy atom. The number of hydrogen-bond donors (Lipinski definition) is 2. The zero-order valence-corrected chi connectivity index (χ0v) is 14.9. The van der Waals surface area contributed by atoms with Crippen LogP contribution in [0.3, 0.4) is 0 Å². The Bertz CT molecular complexity index is 993. The van der Waals surface area contributed by atoms with Crippen LogP contribution in [0, 0.1) is 0 Å². The monoisotopic (exact) mass is 364 g/mol. The summed E-state index contributed by atoms with van der Waals surface area (Å²) in [5.41, 5.74) is 3.42. The Hall–Kier alpha value is -3.12. The molecule has 1 aromatic heterocycles. The van der Waals surface area contributed by atoms with Gasteiger partial charge < -0.3 is 15.4 Å². The summed E-state index contributed by atoms with van der Waals surface area (Å²) in [6.45, 7) is 1.93. The number of fused-ring (bicyclic) bond motifs is 3. The molecule has 0 atom stereocenters. The second kappa shape index (κ2) is 6.65. The van der Waals surface area contributed by atoms with Crippen LogP contribution in [0.1, 0.15) is 22.2 Å². The van der Waals surface area contributed by atoms with Crippen LogP contribution in [0.2, 0.25) is 0 Å². The summed E-state index contributed by atoms with van der Waals surface area (Å²) >= 11 is 1.47. The molecule has 2 amide bonds. The molecule has 26 heavy (non-hydrogen) atoms. The molecule has 1 aliphatic heterocycles. The first-order valence-corrected chi connectivity index (χ1v) is 8.96. The van der Waals surface area contributed by atoms with E-state index in [0.717, 1.165) is 21.8 Å². The predicted molar refractivity (Wildman–Crippen MR) is 103 cm³/mol. The number of rotatable bonds is 3. The molecule has 0 unspecified atom stereocenters. The number of amides is 2. The van der Waals surface area contributed by atoms with E-state index in [1.54, 1.807) is 24.3 Å². The average molecular weight is 364 g/mol. The number of hydrogen-bond acceptors (Lipinski definition) is 4. The van der Waals surface area contributed by atoms with Gasteiger partial charge in [0.05, 0.1) is 4.88 Å². The zero-order valence-electron chi connectivity index (χ0n) is 14.0. The molecule has 6 heteroatoms. The Morgan fingerprint density at radius 1 is 1.00 bits per heavy atom. The van der Waals surface area contributed by atoms with Crippen molar-refractivity contribution in [2.45, 2.75) is 13.5 Å². The lowest BCUT2D eigenvalue weighted by molar-refractivity contribution is -0.114. The molecule has 0 fully saturated rings. The largest absolute Gasteiger partial charge is 0.488 e. The van der Waals surface area contributed by atoms with Gasteiger partial charge in [0.2, 0.25) is 5.91 Å². The quantitative estimate of drug-likeness (QED) is 0.718. The smallest absolute Gasteiger partial charge is 0.265 e. The number of carbonyl (C=O) groups is 2. The lowest BCUT2D eigenvalue weighted by atomic mass is 10.1. The van der Waals surface area contributed by atoms with Crippen LogP contribution >= 0.6 is 11.3 Å². The Morgan fingerprint density at radius 2 is 1.69 bits per heavy atom. The molecule has 5 nitrogen and oxygen atoms in total. The lowest BCUT2D eigenvalue weighted by Gasteiger charge is -2.16.